The normalized spacial score (nSPS) is 15.1. The van der Waals surface area contributed by atoms with Crippen LogP contribution in [-0.2, 0) is 4.79 Å². The summed E-state index contributed by atoms with van der Waals surface area (Å²) in [7, 11) is 0. The summed E-state index contributed by atoms with van der Waals surface area (Å²) in [6.07, 6.45) is -3.49. The third-order valence-electron chi connectivity index (χ3n) is 0.805. The molecule has 0 aliphatic carbocycles. The summed E-state index contributed by atoms with van der Waals surface area (Å²) in [5.74, 6) is -1.54. The van der Waals surface area contributed by atoms with E-state index in [-0.39, 0.29) is 37.7 Å². The van der Waals surface area contributed by atoms with Gasteiger partial charge in [-0.15, -0.1) is 0 Å². The van der Waals surface area contributed by atoms with Crippen molar-refractivity contribution in [1.82, 2.24) is 0 Å². The van der Waals surface area contributed by atoms with Crippen LogP contribution in [0, 0.1) is 0 Å². The summed E-state index contributed by atoms with van der Waals surface area (Å²) in [6.45, 7) is -0.756. The van der Waals surface area contributed by atoms with Crippen LogP contribution in [-0.4, -0.2) is 82.9 Å². The quantitative estimate of drug-likeness (QED) is 0.342. The predicted octanol–water partition coefficient (Wildman–Crippen LogP) is -3.13. The van der Waals surface area contributed by atoms with Gasteiger partial charge in [0.05, 0.1) is 6.61 Å². The third-order valence-corrected chi connectivity index (χ3v) is 0.805. The van der Waals surface area contributed by atoms with Crippen LogP contribution in [0.3, 0.4) is 0 Å². The molecule has 0 saturated heterocycles. The fourth-order valence-electron chi connectivity index (χ4n) is 0.264. The molecular weight excluding hydrogens is 168 g/mol. The zero-order valence-corrected chi connectivity index (χ0v) is 4.56. The van der Waals surface area contributed by atoms with Gasteiger partial charge in [0.1, 0.15) is 6.10 Å². The first-order chi connectivity index (χ1) is 4.09. The molecule has 0 spiro atoms. The second kappa shape index (κ2) is 6.33. The molecule has 2 atom stereocenters. The topological polar surface area (TPSA) is 98.0 Å². The van der Waals surface area contributed by atoms with E-state index in [4.69, 9.17) is 20.4 Å². The Morgan fingerprint density at radius 2 is 1.80 bits per heavy atom. The van der Waals surface area contributed by atoms with Gasteiger partial charge in [-0.05, 0) is 0 Å². The van der Waals surface area contributed by atoms with E-state index in [2.05, 4.69) is 0 Å². The number of aliphatic hydroxyl groups excluding tert-OH is 3. The van der Waals surface area contributed by atoms with Gasteiger partial charge in [-0.3, -0.25) is 0 Å². The number of carbonyl (C=O) groups is 1. The molecule has 0 aliphatic heterocycles. The van der Waals surface area contributed by atoms with Crippen molar-refractivity contribution in [3.8, 4) is 0 Å². The van der Waals surface area contributed by atoms with E-state index in [0.717, 1.165) is 0 Å². The molecule has 0 heterocycles. The molecule has 6 heteroatoms. The molecule has 0 aromatic rings. The number of aliphatic carboxylic acids is 1. The van der Waals surface area contributed by atoms with E-state index < -0.39 is 24.8 Å². The summed E-state index contributed by atoms with van der Waals surface area (Å²) < 4.78 is 0. The number of rotatable bonds is 3. The first-order valence-corrected chi connectivity index (χ1v) is 2.29. The van der Waals surface area contributed by atoms with E-state index >= 15 is 0 Å². The van der Waals surface area contributed by atoms with Gasteiger partial charge in [0, 0.05) is 0 Å². The van der Waals surface area contributed by atoms with Gasteiger partial charge in [-0.1, -0.05) is 0 Å². The van der Waals surface area contributed by atoms with Gasteiger partial charge in [0.2, 0.25) is 0 Å². The zero-order chi connectivity index (χ0) is 7.44. The molecule has 0 amide bonds. The molecule has 10 heavy (non-hydrogen) atoms. The van der Waals surface area contributed by atoms with Crippen molar-refractivity contribution in [2.45, 2.75) is 12.2 Å². The Balaban J connectivity index is 0. The van der Waals surface area contributed by atoms with Crippen molar-refractivity contribution < 1.29 is 25.2 Å². The average molecular weight is 178 g/mol. The average Bonchev–Trinajstić information content (AvgIpc) is 1.84. The standard InChI is InChI=1S/C4H8O5.Ca.2H/c5-1-2(6)3(7)4(8)9;;;/h2-3,5-7H,1H2,(H,8,9);;;. The third kappa shape index (κ3) is 4.43. The molecule has 58 valence electrons. The van der Waals surface area contributed by atoms with Crippen LogP contribution in [0.2, 0.25) is 0 Å². The van der Waals surface area contributed by atoms with Crippen LogP contribution >= 0.6 is 0 Å². The number of aliphatic hydroxyl groups is 3. The Kier molecular flexibility index (Phi) is 8.36. The molecule has 0 bridgehead atoms. The fraction of sp³-hybridized carbons (Fsp3) is 0.750. The summed E-state index contributed by atoms with van der Waals surface area (Å²) in [5, 5.41) is 32.8. The van der Waals surface area contributed by atoms with Gasteiger partial charge < -0.3 is 20.4 Å². The molecule has 0 aromatic heterocycles. The van der Waals surface area contributed by atoms with Crippen molar-refractivity contribution in [3.05, 3.63) is 0 Å². The van der Waals surface area contributed by atoms with E-state index in [0.29, 0.717) is 0 Å². The van der Waals surface area contributed by atoms with Gasteiger partial charge >= 0.3 is 43.7 Å². The minimum absolute atomic E-state index is 0. The maximum atomic E-state index is 9.78. The minimum atomic E-state index is -1.89. The Morgan fingerprint density at radius 3 is 1.90 bits per heavy atom. The second-order valence-corrected chi connectivity index (χ2v) is 1.53. The number of carboxylic acids is 1. The Labute approximate surface area is 87.3 Å². The van der Waals surface area contributed by atoms with E-state index in [1.165, 1.54) is 0 Å². The van der Waals surface area contributed by atoms with Gasteiger partial charge in [0.15, 0.2) is 6.10 Å². The van der Waals surface area contributed by atoms with Crippen LogP contribution in [0.4, 0.5) is 0 Å². The van der Waals surface area contributed by atoms with Crippen LogP contribution < -0.4 is 0 Å². The summed E-state index contributed by atoms with van der Waals surface area (Å²) in [6, 6.07) is 0. The molecule has 0 aliphatic rings. The molecule has 4 N–H and O–H groups in total. The van der Waals surface area contributed by atoms with Crippen molar-refractivity contribution in [2.75, 3.05) is 6.61 Å². The molecule has 0 aromatic carbocycles. The van der Waals surface area contributed by atoms with Crippen molar-refractivity contribution >= 4 is 43.7 Å². The van der Waals surface area contributed by atoms with Crippen LogP contribution in [0.25, 0.3) is 0 Å². The first-order valence-electron chi connectivity index (χ1n) is 2.29. The Bertz CT molecular complexity index is 106. The molecule has 0 rings (SSSR count). The second-order valence-electron chi connectivity index (χ2n) is 1.53. The number of hydrogen-bond acceptors (Lipinski definition) is 4. The van der Waals surface area contributed by atoms with Crippen LogP contribution in [0.5, 0.6) is 0 Å². The number of hydrogen-bond donors (Lipinski definition) is 4. The molecule has 5 nitrogen and oxygen atoms in total. The molecular formula is C4H10CaO5. The molecule has 2 unspecified atom stereocenters. The fourth-order valence-corrected chi connectivity index (χ4v) is 0.264. The summed E-state index contributed by atoms with van der Waals surface area (Å²) in [4.78, 5) is 9.78. The first kappa shape index (κ1) is 13.2. The van der Waals surface area contributed by atoms with Crippen molar-refractivity contribution in [3.63, 3.8) is 0 Å². The monoisotopic (exact) mass is 178 g/mol. The zero-order valence-electron chi connectivity index (χ0n) is 4.56. The van der Waals surface area contributed by atoms with Gasteiger partial charge in [0.25, 0.3) is 0 Å². The Hall–Kier alpha value is 0.610. The van der Waals surface area contributed by atoms with E-state index in [1.54, 1.807) is 0 Å². The van der Waals surface area contributed by atoms with E-state index in [1.807, 2.05) is 0 Å². The molecule has 0 radical (unpaired) electrons. The number of carboxylic acid groups (broad SMARTS) is 1. The van der Waals surface area contributed by atoms with Crippen molar-refractivity contribution in [1.29, 1.82) is 0 Å². The van der Waals surface area contributed by atoms with Crippen molar-refractivity contribution in [2.24, 2.45) is 0 Å². The predicted molar refractivity (Wildman–Crippen MR) is 35.3 cm³/mol. The SMILES string of the molecule is O=C(O)C(O)C(O)CO.[CaH2]. The summed E-state index contributed by atoms with van der Waals surface area (Å²) in [5.41, 5.74) is 0. The Morgan fingerprint density at radius 1 is 1.40 bits per heavy atom. The van der Waals surface area contributed by atoms with Crippen LogP contribution in [0.15, 0.2) is 0 Å². The van der Waals surface area contributed by atoms with E-state index in [9.17, 15) is 4.79 Å². The van der Waals surface area contributed by atoms with Gasteiger partial charge in [-0.25, -0.2) is 4.79 Å². The maximum absolute atomic E-state index is 9.78. The molecule has 0 saturated carbocycles. The van der Waals surface area contributed by atoms with Gasteiger partial charge in [-0.2, -0.15) is 0 Å². The molecule has 0 fully saturated rings. The summed E-state index contributed by atoms with van der Waals surface area (Å²) >= 11 is 0. The van der Waals surface area contributed by atoms with Crippen LogP contribution in [0.1, 0.15) is 0 Å².